The Morgan fingerprint density at radius 1 is 0.923 bits per heavy atom. The van der Waals surface area contributed by atoms with Gasteiger partial charge in [-0.25, -0.2) is 0 Å². The summed E-state index contributed by atoms with van der Waals surface area (Å²) >= 11 is 7.89. The summed E-state index contributed by atoms with van der Waals surface area (Å²) in [4.78, 5) is 46.1. The van der Waals surface area contributed by atoms with Crippen LogP contribution < -0.4 is 10.2 Å². The Kier molecular flexibility index (Phi) is 5.41. The lowest BCUT2D eigenvalue weighted by Gasteiger charge is -2.39. The molecule has 3 aliphatic heterocycles. The SMILES string of the molecule is CC1=C[C@H]2N(c3ccccc31)[C@@H](C(=O)c1ccccc1Cl)[C@@H](C(=O)c1cccs1)[C@@]21C(=O)Nc2ccccc21. The third-order valence-electron chi connectivity index (χ3n) is 8.34. The molecule has 0 radical (unpaired) electrons. The third kappa shape index (κ3) is 3.22. The first-order valence-corrected chi connectivity index (χ1v) is 14.0. The van der Waals surface area contributed by atoms with Crippen LogP contribution in [0.2, 0.25) is 5.02 Å². The molecule has 1 fully saturated rings. The molecule has 4 aromatic rings. The van der Waals surface area contributed by atoms with Gasteiger partial charge in [-0.15, -0.1) is 11.3 Å². The minimum atomic E-state index is -1.33. The normalized spacial score (nSPS) is 24.6. The largest absolute Gasteiger partial charge is 0.352 e. The highest BCUT2D eigenvalue weighted by atomic mass is 35.5. The van der Waals surface area contributed by atoms with Crippen LogP contribution in [-0.2, 0) is 10.2 Å². The first-order valence-electron chi connectivity index (χ1n) is 12.8. The standard InChI is InChI=1S/C32H23ClN2O3S/c1-18-17-26-32(21-11-4-6-13-23(21)34-31(32)38)27(30(37)25-15-8-16-39-25)28(29(36)20-10-2-5-12-22(20)33)35(26)24-14-7-3-9-19(18)24/h2-17,26-28H,1H3,(H,34,38)/t26-,27+,28-,32+/m1/s1. The van der Waals surface area contributed by atoms with E-state index in [4.69, 9.17) is 11.6 Å². The first-order chi connectivity index (χ1) is 18.9. The van der Waals surface area contributed by atoms with Gasteiger partial charge >= 0.3 is 0 Å². The van der Waals surface area contributed by atoms with Gasteiger partial charge in [-0.3, -0.25) is 14.4 Å². The van der Waals surface area contributed by atoms with Gasteiger partial charge in [0.05, 0.1) is 21.9 Å². The van der Waals surface area contributed by atoms with Crippen molar-refractivity contribution >= 4 is 57.4 Å². The molecule has 1 saturated heterocycles. The van der Waals surface area contributed by atoms with E-state index in [-0.39, 0.29) is 17.5 Å². The minimum absolute atomic E-state index is 0.222. The minimum Gasteiger partial charge on any atom is -0.352 e. The second kappa shape index (κ2) is 8.76. The van der Waals surface area contributed by atoms with Crippen LogP contribution in [0, 0.1) is 5.92 Å². The number of amides is 1. The molecule has 0 unspecified atom stereocenters. The molecule has 3 aromatic carbocycles. The summed E-state index contributed by atoms with van der Waals surface area (Å²) in [5.41, 5.74) is 3.20. The third-order valence-corrected chi connectivity index (χ3v) is 9.55. The number of thiophene rings is 1. The number of ketones is 2. The van der Waals surface area contributed by atoms with E-state index in [0.717, 1.165) is 22.4 Å². The molecule has 39 heavy (non-hydrogen) atoms. The Hall–Kier alpha value is -4.00. The molecule has 0 bridgehead atoms. The summed E-state index contributed by atoms with van der Waals surface area (Å²) < 4.78 is 0. The van der Waals surface area contributed by atoms with Gasteiger partial charge < -0.3 is 10.2 Å². The smallest absolute Gasteiger partial charge is 0.238 e. The zero-order chi connectivity index (χ0) is 26.9. The van der Waals surface area contributed by atoms with Crippen LogP contribution >= 0.6 is 22.9 Å². The number of Topliss-reactive ketones (excluding diaryl/α,β-unsaturated/α-hetero) is 2. The lowest BCUT2D eigenvalue weighted by Crippen LogP contribution is -2.51. The molecule has 5 nitrogen and oxygen atoms in total. The van der Waals surface area contributed by atoms with E-state index < -0.39 is 23.4 Å². The lowest BCUT2D eigenvalue weighted by molar-refractivity contribution is -0.121. The molecule has 3 aliphatic rings. The van der Waals surface area contributed by atoms with Crippen LogP contribution in [0.1, 0.15) is 38.1 Å². The maximum Gasteiger partial charge on any atom is 0.238 e. The van der Waals surface area contributed by atoms with Crippen molar-refractivity contribution in [1.29, 1.82) is 0 Å². The fraction of sp³-hybridized carbons (Fsp3) is 0.156. The van der Waals surface area contributed by atoms with E-state index in [9.17, 15) is 14.4 Å². The fourth-order valence-corrected chi connectivity index (χ4v) is 7.71. The van der Waals surface area contributed by atoms with Crippen LogP contribution in [0.3, 0.4) is 0 Å². The van der Waals surface area contributed by atoms with Gasteiger partial charge in [0.25, 0.3) is 0 Å². The fourth-order valence-electron chi connectivity index (χ4n) is 6.78. The number of benzene rings is 3. The van der Waals surface area contributed by atoms with Crippen LogP contribution in [-0.4, -0.2) is 29.6 Å². The second-order valence-corrected chi connectivity index (χ2v) is 11.6. The van der Waals surface area contributed by atoms with Crippen LogP contribution in [0.4, 0.5) is 11.4 Å². The predicted molar refractivity (Wildman–Crippen MR) is 155 cm³/mol. The quantitative estimate of drug-likeness (QED) is 0.289. The Balaban J connectivity index is 1.57. The average molecular weight is 551 g/mol. The highest BCUT2D eigenvalue weighted by Gasteiger charge is 2.70. The molecule has 1 spiro atoms. The zero-order valence-electron chi connectivity index (χ0n) is 20.9. The average Bonchev–Trinajstić information content (AvgIpc) is 3.66. The number of anilines is 2. The van der Waals surface area contributed by atoms with Gasteiger partial charge in [0, 0.05) is 22.5 Å². The van der Waals surface area contributed by atoms with Gasteiger partial charge in [0.15, 0.2) is 11.6 Å². The van der Waals surface area contributed by atoms with Crippen molar-refractivity contribution in [2.24, 2.45) is 5.92 Å². The summed E-state index contributed by atoms with van der Waals surface area (Å²) in [7, 11) is 0. The summed E-state index contributed by atoms with van der Waals surface area (Å²) in [5, 5.41) is 5.22. The second-order valence-electron chi connectivity index (χ2n) is 10.2. The van der Waals surface area contributed by atoms with Crippen molar-refractivity contribution in [3.63, 3.8) is 0 Å². The maximum atomic E-state index is 14.6. The van der Waals surface area contributed by atoms with Gasteiger partial charge in [-0.2, -0.15) is 0 Å². The van der Waals surface area contributed by atoms with Crippen LogP contribution in [0.5, 0.6) is 0 Å². The van der Waals surface area contributed by atoms with Gasteiger partial charge in [-0.1, -0.05) is 72.3 Å². The molecule has 1 aromatic heterocycles. The monoisotopic (exact) mass is 550 g/mol. The number of nitrogens with one attached hydrogen (secondary N) is 1. The molecule has 1 N–H and O–H groups in total. The highest BCUT2D eigenvalue weighted by molar-refractivity contribution is 7.12. The number of allylic oxidation sites excluding steroid dienone is 1. The molecule has 7 heteroatoms. The maximum absolute atomic E-state index is 14.6. The van der Waals surface area contributed by atoms with E-state index in [2.05, 4.69) is 11.4 Å². The Labute approximate surface area is 234 Å². The van der Waals surface area contributed by atoms with Crippen molar-refractivity contribution < 1.29 is 14.4 Å². The lowest BCUT2D eigenvalue weighted by atomic mass is 9.64. The number of hydrogen-bond acceptors (Lipinski definition) is 5. The molecular formula is C32H23ClN2O3S. The Morgan fingerprint density at radius 2 is 1.67 bits per heavy atom. The van der Waals surface area contributed by atoms with Gasteiger partial charge in [0.1, 0.15) is 11.5 Å². The number of nitrogens with zero attached hydrogens (tertiary/aromatic N) is 1. The summed E-state index contributed by atoms with van der Waals surface area (Å²) in [6.07, 6.45) is 2.05. The zero-order valence-corrected chi connectivity index (χ0v) is 22.5. The van der Waals surface area contributed by atoms with Crippen LogP contribution in [0.15, 0.2) is 96.4 Å². The number of fused-ring (bicyclic) bond motifs is 6. The number of halogens is 1. The van der Waals surface area contributed by atoms with E-state index in [1.165, 1.54) is 11.3 Å². The number of para-hydroxylation sites is 2. The van der Waals surface area contributed by atoms with Crippen molar-refractivity contribution in [2.45, 2.75) is 24.4 Å². The van der Waals surface area contributed by atoms with Gasteiger partial charge in [-0.05, 0) is 53.8 Å². The van der Waals surface area contributed by atoms with Gasteiger partial charge in [0.2, 0.25) is 5.91 Å². The van der Waals surface area contributed by atoms with E-state index >= 15 is 0 Å². The predicted octanol–water partition coefficient (Wildman–Crippen LogP) is 6.65. The van der Waals surface area contributed by atoms with Crippen LogP contribution in [0.25, 0.3) is 5.57 Å². The highest BCUT2D eigenvalue weighted by Crippen LogP contribution is 2.59. The van der Waals surface area contributed by atoms with Crippen molar-refractivity contribution in [1.82, 2.24) is 0 Å². The molecule has 0 saturated carbocycles. The number of hydrogen-bond donors (Lipinski definition) is 1. The molecule has 7 rings (SSSR count). The van der Waals surface area contributed by atoms with Crippen molar-refractivity contribution in [2.75, 3.05) is 10.2 Å². The van der Waals surface area contributed by atoms with E-state index in [0.29, 0.717) is 21.2 Å². The molecule has 1 amide bonds. The van der Waals surface area contributed by atoms with E-state index in [1.807, 2.05) is 71.8 Å². The molecule has 192 valence electrons. The number of carbonyl (C=O) groups excluding carboxylic acids is 3. The number of carbonyl (C=O) groups is 3. The molecule has 4 atom stereocenters. The first kappa shape index (κ1) is 24.1. The summed E-state index contributed by atoms with van der Waals surface area (Å²) in [5.74, 6) is -1.77. The Morgan fingerprint density at radius 3 is 2.46 bits per heavy atom. The molecule has 0 aliphatic carbocycles. The summed E-state index contributed by atoms with van der Waals surface area (Å²) in [6, 6.07) is 24.3. The molecular weight excluding hydrogens is 528 g/mol. The van der Waals surface area contributed by atoms with Crippen molar-refractivity contribution in [3.05, 3.63) is 123 Å². The van der Waals surface area contributed by atoms with Crippen molar-refractivity contribution in [3.8, 4) is 0 Å². The molecule has 4 heterocycles. The van der Waals surface area contributed by atoms with E-state index in [1.54, 1.807) is 30.3 Å². The summed E-state index contributed by atoms with van der Waals surface area (Å²) in [6.45, 7) is 2.02. The topological polar surface area (TPSA) is 66.5 Å². The Bertz CT molecular complexity index is 1710. The number of rotatable bonds is 4.